The second-order valence-electron chi connectivity index (χ2n) is 9.59. The minimum absolute atomic E-state index is 0.0258. The maximum Gasteiger partial charge on any atom is 0.257 e. The van der Waals surface area contributed by atoms with Crippen molar-refractivity contribution < 1.29 is 27.9 Å². The van der Waals surface area contributed by atoms with E-state index in [4.69, 9.17) is 22.1 Å². The van der Waals surface area contributed by atoms with Crippen molar-refractivity contribution >= 4 is 34.8 Å². The lowest BCUT2D eigenvalue weighted by atomic mass is 9.84. The molecule has 7 nitrogen and oxygen atoms in total. The van der Waals surface area contributed by atoms with Gasteiger partial charge in [0.05, 0.1) is 35.9 Å². The van der Waals surface area contributed by atoms with Gasteiger partial charge < -0.3 is 15.4 Å². The summed E-state index contributed by atoms with van der Waals surface area (Å²) in [5.74, 6) is -2.38. The highest BCUT2D eigenvalue weighted by Crippen LogP contribution is 2.29. The Balaban J connectivity index is 1.91. The average molecular weight is 560 g/mol. The summed E-state index contributed by atoms with van der Waals surface area (Å²) in [6, 6.07) is 7.52. The molecule has 2 aromatic carbocycles. The fourth-order valence-electron chi connectivity index (χ4n) is 4.79. The molecule has 1 aliphatic carbocycles. The van der Waals surface area contributed by atoms with E-state index in [-0.39, 0.29) is 51.8 Å². The van der Waals surface area contributed by atoms with Crippen molar-refractivity contribution in [3.05, 3.63) is 76.0 Å². The van der Waals surface area contributed by atoms with Crippen LogP contribution in [0.4, 0.5) is 8.78 Å². The standard InChI is InChI=1S/C29H32ClF2N3O4/c1-17(34-23-9-7-20(8-10-23)18(2)36)24(14-33)29(38)35(15-19-11-21(31)13-22(32)12-19)16-26(37)28-25(30)5-4-6-27(28)39-3/h4-6,11-14,20,23H,7-10,15-16,33H2,1-3H3. The Kier molecular flexibility index (Phi) is 10.3. The van der Waals surface area contributed by atoms with Crippen molar-refractivity contribution in [2.24, 2.45) is 16.6 Å². The number of aliphatic imine (C=N–C) groups is 1. The van der Waals surface area contributed by atoms with Crippen LogP contribution in [0.25, 0.3) is 0 Å². The molecule has 10 heteroatoms. The van der Waals surface area contributed by atoms with Gasteiger partial charge in [-0.3, -0.25) is 19.4 Å². The smallest absolute Gasteiger partial charge is 0.257 e. The van der Waals surface area contributed by atoms with Crippen molar-refractivity contribution in [2.45, 2.75) is 52.1 Å². The number of rotatable bonds is 10. The van der Waals surface area contributed by atoms with Gasteiger partial charge in [0.2, 0.25) is 0 Å². The Morgan fingerprint density at radius 3 is 2.31 bits per heavy atom. The SMILES string of the molecule is COc1cccc(Cl)c1C(=O)CN(Cc1cc(F)cc(F)c1)C(=O)C(=CN)C(C)=NC1CCC(C(C)=O)CC1. The highest BCUT2D eigenvalue weighted by Gasteiger charge is 2.28. The number of hydrogen-bond donors (Lipinski definition) is 1. The summed E-state index contributed by atoms with van der Waals surface area (Å²) in [6.07, 6.45) is 3.95. The first-order valence-electron chi connectivity index (χ1n) is 12.6. The molecule has 0 aromatic heterocycles. The topological polar surface area (TPSA) is 102 Å². The van der Waals surface area contributed by atoms with Gasteiger partial charge in [-0.1, -0.05) is 17.7 Å². The number of Topliss-reactive ketones (excluding diaryl/α,β-unsaturated/α-hetero) is 2. The summed E-state index contributed by atoms with van der Waals surface area (Å²) in [4.78, 5) is 44.6. The van der Waals surface area contributed by atoms with Gasteiger partial charge in [-0.05, 0) is 69.4 Å². The maximum absolute atomic E-state index is 13.9. The molecule has 2 aromatic rings. The molecule has 39 heavy (non-hydrogen) atoms. The van der Waals surface area contributed by atoms with Crippen molar-refractivity contribution in [1.29, 1.82) is 0 Å². The molecule has 1 aliphatic rings. The van der Waals surface area contributed by atoms with E-state index < -0.39 is 29.9 Å². The Morgan fingerprint density at radius 2 is 1.74 bits per heavy atom. The van der Waals surface area contributed by atoms with Gasteiger partial charge >= 0.3 is 0 Å². The third kappa shape index (κ3) is 7.72. The van der Waals surface area contributed by atoms with E-state index in [9.17, 15) is 23.2 Å². The quantitative estimate of drug-likeness (QED) is 0.242. The summed E-state index contributed by atoms with van der Waals surface area (Å²) >= 11 is 6.27. The van der Waals surface area contributed by atoms with Gasteiger partial charge in [-0.15, -0.1) is 0 Å². The molecule has 0 aliphatic heterocycles. The van der Waals surface area contributed by atoms with Gasteiger partial charge in [0.1, 0.15) is 23.2 Å². The van der Waals surface area contributed by atoms with E-state index in [2.05, 4.69) is 4.99 Å². The van der Waals surface area contributed by atoms with Crippen molar-refractivity contribution in [3.8, 4) is 5.75 Å². The Morgan fingerprint density at radius 1 is 1.10 bits per heavy atom. The minimum Gasteiger partial charge on any atom is -0.496 e. The monoisotopic (exact) mass is 559 g/mol. The molecule has 0 bridgehead atoms. The third-order valence-electron chi connectivity index (χ3n) is 6.83. The molecule has 3 rings (SSSR count). The van der Waals surface area contributed by atoms with Gasteiger partial charge in [-0.2, -0.15) is 0 Å². The molecule has 0 unspecified atom stereocenters. The molecule has 0 radical (unpaired) electrons. The average Bonchev–Trinajstić information content (AvgIpc) is 2.88. The van der Waals surface area contributed by atoms with Crippen LogP contribution in [0.15, 0.2) is 53.2 Å². The number of carbonyl (C=O) groups is 3. The summed E-state index contributed by atoms with van der Waals surface area (Å²) < 4.78 is 33.1. The van der Waals surface area contributed by atoms with Crippen LogP contribution >= 0.6 is 11.6 Å². The number of ketones is 2. The van der Waals surface area contributed by atoms with Gasteiger partial charge in [0.15, 0.2) is 5.78 Å². The van der Waals surface area contributed by atoms with Gasteiger partial charge in [0.25, 0.3) is 5.91 Å². The summed E-state index contributed by atoms with van der Waals surface area (Å²) in [5.41, 5.74) is 6.50. The van der Waals surface area contributed by atoms with Crippen LogP contribution in [0.5, 0.6) is 5.75 Å². The predicted molar refractivity (Wildman–Crippen MR) is 146 cm³/mol. The zero-order valence-corrected chi connectivity index (χ0v) is 22.9. The number of hydrogen-bond acceptors (Lipinski definition) is 6. The first-order valence-corrected chi connectivity index (χ1v) is 13.0. The van der Waals surface area contributed by atoms with Crippen molar-refractivity contribution in [2.75, 3.05) is 13.7 Å². The fourth-order valence-corrected chi connectivity index (χ4v) is 5.06. The number of ether oxygens (including phenoxy) is 1. The largest absolute Gasteiger partial charge is 0.496 e. The zero-order chi connectivity index (χ0) is 28.7. The Bertz CT molecular complexity index is 1280. The van der Waals surface area contributed by atoms with Crippen molar-refractivity contribution in [1.82, 2.24) is 4.90 Å². The molecule has 1 saturated carbocycles. The molecule has 0 spiro atoms. The van der Waals surface area contributed by atoms with Gasteiger partial charge in [0, 0.05) is 30.4 Å². The van der Waals surface area contributed by atoms with Crippen LogP contribution in [-0.2, 0) is 16.1 Å². The molecule has 1 fully saturated rings. The minimum atomic E-state index is -0.815. The van der Waals surface area contributed by atoms with E-state index >= 15 is 0 Å². The van der Waals surface area contributed by atoms with Crippen LogP contribution in [0.1, 0.15) is 55.5 Å². The summed E-state index contributed by atoms with van der Waals surface area (Å²) in [5, 5.41) is 0.136. The highest BCUT2D eigenvalue weighted by molar-refractivity contribution is 6.34. The molecular weight excluding hydrogens is 528 g/mol. The first-order chi connectivity index (χ1) is 18.5. The third-order valence-corrected chi connectivity index (χ3v) is 7.14. The molecular formula is C29H32ClF2N3O4. The van der Waals surface area contributed by atoms with E-state index in [1.165, 1.54) is 13.2 Å². The first kappa shape index (κ1) is 30.0. The number of halogens is 3. The summed E-state index contributed by atoms with van der Waals surface area (Å²) in [6.45, 7) is 2.49. The molecule has 0 heterocycles. The number of benzene rings is 2. The maximum atomic E-state index is 13.9. The van der Waals surface area contributed by atoms with Crippen LogP contribution < -0.4 is 10.5 Å². The lowest BCUT2D eigenvalue weighted by molar-refractivity contribution is -0.126. The normalized spacial score (nSPS) is 18.0. The van der Waals surface area contributed by atoms with Crippen molar-refractivity contribution in [3.63, 3.8) is 0 Å². The number of carbonyl (C=O) groups excluding carboxylic acids is 3. The lowest BCUT2D eigenvalue weighted by Crippen LogP contribution is -2.38. The van der Waals surface area contributed by atoms with Crippen LogP contribution in [0, 0.1) is 17.6 Å². The Labute approximate surface area is 231 Å². The van der Waals surface area contributed by atoms with E-state index in [1.807, 2.05) is 0 Å². The fraction of sp³-hybridized carbons (Fsp3) is 0.379. The molecule has 2 N–H and O–H groups in total. The molecule has 0 atom stereocenters. The molecule has 1 amide bonds. The van der Waals surface area contributed by atoms with E-state index in [0.717, 1.165) is 42.1 Å². The molecule has 208 valence electrons. The van der Waals surface area contributed by atoms with Crippen LogP contribution in [-0.4, -0.2) is 47.8 Å². The van der Waals surface area contributed by atoms with E-state index in [0.29, 0.717) is 18.6 Å². The second kappa shape index (κ2) is 13.5. The van der Waals surface area contributed by atoms with Gasteiger partial charge in [-0.25, -0.2) is 8.78 Å². The highest BCUT2D eigenvalue weighted by atomic mass is 35.5. The second-order valence-corrected chi connectivity index (χ2v) is 10.00. The summed E-state index contributed by atoms with van der Waals surface area (Å²) in [7, 11) is 1.39. The number of nitrogens with two attached hydrogens (primary N) is 1. The zero-order valence-electron chi connectivity index (χ0n) is 22.2. The number of methoxy groups -OCH3 is 1. The number of amides is 1. The molecule has 0 saturated heterocycles. The van der Waals surface area contributed by atoms with Crippen LogP contribution in [0.3, 0.4) is 0 Å². The predicted octanol–water partition coefficient (Wildman–Crippen LogP) is 5.29. The lowest BCUT2D eigenvalue weighted by Gasteiger charge is -2.26. The number of nitrogens with zero attached hydrogens (tertiary/aromatic N) is 2. The van der Waals surface area contributed by atoms with Crippen LogP contribution in [0.2, 0.25) is 5.02 Å². The van der Waals surface area contributed by atoms with E-state index in [1.54, 1.807) is 26.0 Å². The Hall–Kier alpha value is -3.59.